The number of carbonyl (C=O) groups excluding carboxylic acids is 1. The Bertz CT molecular complexity index is 348. The molecule has 1 atom stereocenters. The van der Waals surface area contributed by atoms with Gasteiger partial charge >= 0.3 is 5.97 Å². The number of aryl methyl sites for hydroxylation is 2. The molecule has 1 aromatic rings. The first-order chi connectivity index (χ1) is 7.54. The third kappa shape index (κ3) is 3.99. The molecule has 1 unspecified atom stereocenters. The summed E-state index contributed by atoms with van der Waals surface area (Å²) in [5, 5.41) is 4.26. The molecule has 90 valence electrons. The average molecular weight is 354 g/mol. The van der Waals surface area contributed by atoms with Crippen molar-refractivity contribution in [3.05, 3.63) is 15.6 Å². The predicted molar refractivity (Wildman–Crippen MR) is 73.1 cm³/mol. The van der Waals surface area contributed by atoms with E-state index in [1.807, 2.05) is 6.92 Å². The number of aromatic nitrogens is 1. The average Bonchev–Trinajstić information content (AvgIpc) is 2.57. The number of halogens is 1. The van der Waals surface area contributed by atoms with Gasteiger partial charge in [0.25, 0.3) is 0 Å². The number of nitrogens with one attached hydrogen (secondary N) is 1. The third-order valence-corrected chi connectivity index (χ3v) is 4.15. The van der Waals surface area contributed by atoms with E-state index in [4.69, 9.17) is 0 Å². The molecule has 0 bridgehead atoms. The van der Waals surface area contributed by atoms with E-state index in [-0.39, 0.29) is 9.89 Å². The van der Waals surface area contributed by atoms with Gasteiger partial charge < -0.3 is 10.1 Å². The fourth-order valence-electron chi connectivity index (χ4n) is 1.13. The van der Waals surface area contributed by atoms with E-state index in [9.17, 15) is 4.79 Å². The van der Waals surface area contributed by atoms with Crippen molar-refractivity contribution in [3.63, 3.8) is 0 Å². The topological polar surface area (TPSA) is 51.2 Å². The molecule has 1 aromatic heterocycles. The van der Waals surface area contributed by atoms with Crippen LogP contribution in [0.15, 0.2) is 0 Å². The van der Waals surface area contributed by atoms with Gasteiger partial charge in [-0.15, -0.1) is 11.3 Å². The lowest BCUT2D eigenvalue weighted by Crippen LogP contribution is -2.29. The van der Waals surface area contributed by atoms with Gasteiger partial charge in [-0.3, -0.25) is 4.79 Å². The van der Waals surface area contributed by atoms with Gasteiger partial charge in [-0.2, -0.15) is 0 Å². The highest BCUT2D eigenvalue weighted by Crippen LogP contribution is 2.16. The molecule has 0 saturated heterocycles. The Morgan fingerprint density at radius 1 is 1.62 bits per heavy atom. The van der Waals surface area contributed by atoms with Gasteiger partial charge in [0.15, 0.2) is 0 Å². The molecular formula is C10H15IN2O2S. The van der Waals surface area contributed by atoms with Gasteiger partial charge in [0, 0.05) is 18.0 Å². The zero-order valence-electron chi connectivity index (χ0n) is 9.54. The minimum absolute atomic E-state index is 0.148. The van der Waals surface area contributed by atoms with E-state index in [0.717, 1.165) is 10.7 Å². The number of rotatable bonds is 5. The maximum atomic E-state index is 11.1. The molecule has 4 nitrogen and oxygen atoms in total. The summed E-state index contributed by atoms with van der Waals surface area (Å²) in [5.41, 5.74) is 1.08. The third-order valence-electron chi connectivity index (χ3n) is 2.13. The highest BCUT2D eigenvalue weighted by Gasteiger charge is 2.14. The number of nitrogens with zero attached hydrogens (tertiary/aromatic N) is 1. The Balaban J connectivity index is 2.33. The van der Waals surface area contributed by atoms with Crippen molar-refractivity contribution >= 4 is 39.9 Å². The van der Waals surface area contributed by atoms with E-state index in [1.54, 1.807) is 11.3 Å². The van der Waals surface area contributed by atoms with Gasteiger partial charge in [-0.1, -0.05) is 22.6 Å². The number of methoxy groups -OCH3 is 1. The first kappa shape index (κ1) is 13.9. The van der Waals surface area contributed by atoms with Gasteiger partial charge in [0.1, 0.15) is 8.93 Å². The molecule has 0 saturated carbocycles. The van der Waals surface area contributed by atoms with Crippen LogP contribution in [0.3, 0.4) is 0 Å². The lowest BCUT2D eigenvalue weighted by Gasteiger charge is -2.07. The zero-order chi connectivity index (χ0) is 12.1. The number of esters is 1. The molecule has 1 N–H and O–H groups in total. The van der Waals surface area contributed by atoms with Crippen LogP contribution in [0.5, 0.6) is 0 Å². The largest absolute Gasteiger partial charge is 0.468 e. The molecule has 0 aliphatic heterocycles. The Labute approximate surface area is 113 Å². The van der Waals surface area contributed by atoms with Crippen molar-refractivity contribution in [2.24, 2.45) is 0 Å². The molecular weight excluding hydrogens is 339 g/mol. The maximum absolute atomic E-state index is 11.1. The summed E-state index contributed by atoms with van der Waals surface area (Å²) in [6.07, 6.45) is 0. The normalized spacial score (nSPS) is 12.5. The summed E-state index contributed by atoms with van der Waals surface area (Å²) < 4.78 is 4.49. The minimum atomic E-state index is -0.195. The second-order valence-electron chi connectivity index (χ2n) is 3.37. The van der Waals surface area contributed by atoms with E-state index in [1.165, 1.54) is 12.0 Å². The molecule has 1 rings (SSSR count). The molecule has 0 aromatic carbocycles. The summed E-state index contributed by atoms with van der Waals surface area (Å²) in [4.78, 5) is 16.8. The summed E-state index contributed by atoms with van der Waals surface area (Å²) >= 11 is 3.76. The van der Waals surface area contributed by atoms with Gasteiger partial charge in [0.2, 0.25) is 0 Å². The highest BCUT2D eigenvalue weighted by molar-refractivity contribution is 14.1. The number of hydrogen-bond acceptors (Lipinski definition) is 5. The van der Waals surface area contributed by atoms with E-state index in [2.05, 4.69) is 44.6 Å². The number of carbonyl (C=O) groups is 1. The fraction of sp³-hybridized carbons (Fsp3) is 0.600. The van der Waals surface area contributed by atoms with Crippen molar-refractivity contribution in [2.45, 2.75) is 24.3 Å². The van der Waals surface area contributed by atoms with E-state index >= 15 is 0 Å². The standard InChI is InChI=1S/C10H15IN2O2S/c1-6-7(2)16-9(13-6)5-12-4-8(11)10(14)15-3/h8,12H,4-5H2,1-3H3. The lowest BCUT2D eigenvalue weighted by molar-refractivity contribution is -0.139. The fourth-order valence-corrected chi connectivity index (χ4v) is 2.60. The highest BCUT2D eigenvalue weighted by atomic mass is 127. The van der Waals surface area contributed by atoms with Crippen LogP contribution in [0.4, 0.5) is 0 Å². The van der Waals surface area contributed by atoms with Crippen molar-refractivity contribution in [3.8, 4) is 0 Å². The number of hydrogen-bond donors (Lipinski definition) is 1. The van der Waals surface area contributed by atoms with Crippen LogP contribution in [0.1, 0.15) is 15.6 Å². The minimum Gasteiger partial charge on any atom is -0.468 e. The van der Waals surface area contributed by atoms with Gasteiger partial charge in [-0.25, -0.2) is 4.98 Å². The summed E-state index contributed by atoms with van der Waals surface area (Å²) in [6, 6.07) is 0. The van der Waals surface area contributed by atoms with Gasteiger partial charge in [0.05, 0.1) is 12.8 Å². The Morgan fingerprint density at radius 2 is 2.31 bits per heavy atom. The van der Waals surface area contributed by atoms with E-state index in [0.29, 0.717) is 13.1 Å². The number of thiazole rings is 1. The van der Waals surface area contributed by atoms with E-state index < -0.39 is 0 Å². The molecule has 0 fully saturated rings. The Morgan fingerprint density at radius 3 is 2.81 bits per heavy atom. The van der Waals surface area contributed by atoms with Crippen LogP contribution in [0, 0.1) is 13.8 Å². The summed E-state index contributed by atoms with van der Waals surface area (Å²) in [5.74, 6) is -0.195. The maximum Gasteiger partial charge on any atom is 0.319 e. The lowest BCUT2D eigenvalue weighted by atomic mass is 10.4. The van der Waals surface area contributed by atoms with Gasteiger partial charge in [-0.05, 0) is 13.8 Å². The van der Waals surface area contributed by atoms with Crippen molar-refractivity contribution in [1.82, 2.24) is 10.3 Å². The molecule has 6 heteroatoms. The van der Waals surface area contributed by atoms with Crippen LogP contribution >= 0.6 is 33.9 Å². The molecule has 0 spiro atoms. The van der Waals surface area contributed by atoms with Crippen LogP contribution in [-0.2, 0) is 16.1 Å². The quantitative estimate of drug-likeness (QED) is 0.498. The monoisotopic (exact) mass is 354 g/mol. The molecule has 16 heavy (non-hydrogen) atoms. The van der Waals surface area contributed by atoms with Crippen LogP contribution in [0.2, 0.25) is 0 Å². The second-order valence-corrected chi connectivity index (χ2v) is 6.16. The van der Waals surface area contributed by atoms with Crippen LogP contribution in [-0.4, -0.2) is 28.5 Å². The number of ether oxygens (including phenoxy) is 1. The van der Waals surface area contributed by atoms with Crippen molar-refractivity contribution in [1.29, 1.82) is 0 Å². The molecule has 0 aliphatic rings. The second kappa shape index (κ2) is 6.51. The molecule has 1 heterocycles. The first-order valence-electron chi connectivity index (χ1n) is 4.90. The SMILES string of the molecule is COC(=O)C(I)CNCc1nc(C)c(C)s1. The van der Waals surface area contributed by atoms with Crippen molar-refractivity contribution < 1.29 is 9.53 Å². The van der Waals surface area contributed by atoms with Crippen LogP contribution in [0.25, 0.3) is 0 Å². The Hall–Kier alpha value is -0.210. The summed E-state index contributed by atoms with van der Waals surface area (Å²) in [7, 11) is 1.40. The summed E-state index contributed by atoms with van der Waals surface area (Å²) in [6.45, 7) is 5.37. The van der Waals surface area contributed by atoms with Crippen LogP contribution < -0.4 is 5.32 Å². The molecule has 0 aliphatic carbocycles. The molecule has 0 amide bonds. The predicted octanol–water partition coefficient (Wildman–Crippen LogP) is 1.83. The smallest absolute Gasteiger partial charge is 0.319 e. The first-order valence-corrected chi connectivity index (χ1v) is 6.96. The zero-order valence-corrected chi connectivity index (χ0v) is 12.5. The van der Waals surface area contributed by atoms with Crippen molar-refractivity contribution in [2.75, 3.05) is 13.7 Å². The molecule has 0 radical (unpaired) electrons. The Kier molecular flexibility index (Phi) is 5.63. The number of alkyl halides is 1.